The zero-order valence-electron chi connectivity index (χ0n) is 24.5. The Balaban J connectivity index is 2.06. The molecule has 0 radical (unpaired) electrons. The van der Waals surface area contributed by atoms with Crippen LogP contribution in [0.4, 0.5) is 5.69 Å². The first-order valence-corrected chi connectivity index (χ1v) is 15.5. The second kappa shape index (κ2) is 14.7. The molecule has 3 aromatic carbocycles. The van der Waals surface area contributed by atoms with Crippen molar-refractivity contribution in [1.82, 2.24) is 10.2 Å². The van der Waals surface area contributed by atoms with Crippen LogP contribution in [0.15, 0.2) is 83.8 Å². The summed E-state index contributed by atoms with van der Waals surface area (Å²) >= 11 is 0. The molecule has 0 saturated carbocycles. The molecule has 9 heteroatoms. The maximum atomic E-state index is 14.2. The molecule has 2 unspecified atom stereocenters. The maximum absolute atomic E-state index is 14.2. The molecule has 0 aliphatic rings. The number of nitrogens with one attached hydrogen (secondary N) is 1. The molecule has 41 heavy (non-hydrogen) atoms. The number of nitrogens with zero attached hydrogens (tertiary/aromatic N) is 2. The molecule has 0 saturated heterocycles. The molecule has 3 rings (SSSR count). The first kappa shape index (κ1) is 31.7. The first-order valence-electron chi connectivity index (χ1n) is 14.1. The van der Waals surface area contributed by atoms with E-state index >= 15 is 0 Å². The van der Waals surface area contributed by atoms with Crippen molar-refractivity contribution in [2.45, 2.75) is 71.0 Å². The third-order valence-corrected chi connectivity index (χ3v) is 8.82. The Labute approximate surface area is 244 Å². The van der Waals surface area contributed by atoms with Gasteiger partial charge in [0.05, 0.1) is 17.2 Å². The number of ether oxygens (including phenoxy) is 1. The van der Waals surface area contributed by atoms with E-state index in [1.807, 2.05) is 58.9 Å². The summed E-state index contributed by atoms with van der Waals surface area (Å²) in [4.78, 5) is 29.1. The van der Waals surface area contributed by atoms with Crippen LogP contribution in [-0.2, 0) is 26.2 Å². The molecule has 2 amide bonds. The van der Waals surface area contributed by atoms with Crippen molar-refractivity contribution in [3.63, 3.8) is 0 Å². The SMILES string of the molecule is CCOc1ccc(N(CC(=O)N(Cc2ccccc2C)C(CC)C(=O)NC(C)CC)S(=O)(=O)c2ccccc2)cc1. The number of hydrogen-bond donors (Lipinski definition) is 1. The van der Waals surface area contributed by atoms with Crippen LogP contribution < -0.4 is 14.4 Å². The Bertz CT molecular complexity index is 1390. The monoisotopic (exact) mass is 579 g/mol. The average Bonchev–Trinajstić information content (AvgIpc) is 2.97. The standard InChI is InChI=1S/C32H41N3O5S/c1-6-25(5)33-32(37)30(7-2)34(22-26-15-13-12-14-24(26)4)31(36)23-35(27-18-20-28(21-19-27)40-8-3)41(38,39)29-16-10-9-11-17-29/h9-21,25,30H,6-8,22-23H2,1-5H3,(H,33,37). The number of aryl methyl sites for hydroxylation is 1. The average molecular weight is 580 g/mol. The number of carbonyl (C=O) groups excluding carboxylic acids is 2. The lowest BCUT2D eigenvalue weighted by Crippen LogP contribution is -2.53. The summed E-state index contributed by atoms with van der Waals surface area (Å²) < 4.78 is 34.5. The third kappa shape index (κ3) is 8.10. The van der Waals surface area contributed by atoms with Crippen LogP contribution in [0.5, 0.6) is 5.75 Å². The Morgan fingerprint density at radius 3 is 2.10 bits per heavy atom. The molecule has 0 aromatic heterocycles. The van der Waals surface area contributed by atoms with Crippen LogP contribution in [-0.4, -0.2) is 50.4 Å². The van der Waals surface area contributed by atoms with Gasteiger partial charge in [0.2, 0.25) is 11.8 Å². The van der Waals surface area contributed by atoms with Crippen LogP contribution in [0.3, 0.4) is 0 Å². The first-order chi connectivity index (χ1) is 19.6. The number of sulfonamides is 1. The van der Waals surface area contributed by atoms with Crippen molar-refractivity contribution < 1.29 is 22.7 Å². The van der Waals surface area contributed by atoms with E-state index in [4.69, 9.17) is 4.74 Å². The molecule has 1 N–H and O–H groups in total. The van der Waals surface area contributed by atoms with Crippen LogP contribution in [0, 0.1) is 6.92 Å². The second-order valence-electron chi connectivity index (χ2n) is 9.94. The number of carbonyl (C=O) groups is 2. The van der Waals surface area contributed by atoms with Gasteiger partial charge in [0, 0.05) is 12.6 Å². The zero-order chi connectivity index (χ0) is 30.0. The van der Waals surface area contributed by atoms with Gasteiger partial charge in [-0.3, -0.25) is 13.9 Å². The highest BCUT2D eigenvalue weighted by Gasteiger charge is 2.34. The van der Waals surface area contributed by atoms with E-state index in [1.54, 1.807) is 42.5 Å². The van der Waals surface area contributed by atoms with E-state index in [1.165, 1.54) is 17.0 Å². The van der Waals surface area contributed by atoms with E-state index in [-0.39, 0.29) is 23.4 Å². The number of amides is 2. The van der Waals surface area contributed by atoms with Crippen LogP contribution >= 0.6 is 0 Å². The van der Waals surface area contributed by atoms with Gasteiger partial charge < -0.3 is 15.0 Å². The van der Waals surface area contributed by atoms with E-state index in [2.05, 4.69) is 5.32 Å². The molecule has 0 heterocycles. The fraction of sp³-hybridized carbons (Fsp3) is 0.375. The maximum Gasteiger partial charge on any atom is 0.264 e. The highest BCUT2D eigenvalue weighted by Crippen LogP contribution is 2.27. The Morgan fingerprint density at radius 2 is 1.51 bits per heavy atom. The molecule has 3 aromatic rings. The lowest BCUT2D eigenvalue weighted by molar-refractivity contribution is -0.140. The molecule has 0 aliphatic carbocycles. The fourth-order valence-corrected chi connectivity index (χ4v) is 5.89. The molecular formula is C32H41N3O5S. The Hall–Kier alpha value is -3.85. The van der Waals surface area contributed by atoms with E-state index in [0.29, 0.717) is 24.5 Å². The smallest absolute Gasteiger partial charge is 0.264 e. The molecule has 0 fully saturated rings. The molecule has 0 bridgehead atoms. The van der Waals surface area contributed by atoms with Crippen molar-refractivity contribution in [3.05, 3.63) is 90.0 Å². The Morgan fingerprint density at radius 1 is 0.878 bits per heavy atom. The minimum atomic E-state index is -4.12. The van der Waals surface area contributed by atoms with Gasteiger partial charge in [-0.05, 0) is 81.1 Å². The summed E-state index contributed by atoms with van der Waals surface area (Å²) in [7, 11) is -4.12. The van der Waals surface area contributed by atoms with Crippen molar-refractivity contribution in [1.29, 1.82) is 0 Å². The third-order valence-electron chi connectivity index (χ3n) is 7.03. The predicted molar refractivity (Wildman–Crippen MR) is 162 cm³/mol. The molecule has 2 atom stereocenters. The number of anilines is 1. The summed E-state index contributed by atoms with van der Waals surface area (Å²) in [6, 6.07) is 21.4. The van der Waals surface area contributed by atoms with Gasteiger partial charge in [0.1, 0.15) is 18.3 Å². The number of hydrogen-bond acceptors (Lipinski definition) is 5. The molecular weight excluding hydrogens is 538 g/mol. The summed E-state index contributed by atoms with van der Waals surface area (Å²) in [5.74, 6) is -0.149. The van der Waals surface area contributed by atoms with Gasteiger partial charge in [0.15, 0.2) is 0 Å². The van der Waals surface area contributed by atoms with E-state index in [9.17, 15) is 18.0 Å². The largest absolute Gasteiger partial charge is 0.494 e. The molecule has 220 valence electrons. The molecule has 0 spiro atoms. The van der Waals surface area contributed by atoms with Crippen LogP contribution in [0.1, 0.15) is 51.7 Å². The fourth-order valence-electron chi connectivity index (χ4n) is 4.46. The lowest BCUT2D eigenvalue weighted by Gasteiger charge is -2.34. The summed E-state index contributed by atoms with van der Waals surface area (Å²) in [5.41, 5.74) is 2.18. The van der Waals surface area contributed by atoms with Crippen molar-refractivity contribution in [2.24, 2.45) is 0 Å². The van der Waals surface area contributed by atoms with Crippen molar-refractivity contribution in [2.75, 3.05) is 17.5 Å². The minimum absolute atomic E-state index is 0.0636. The van der Waals surface area contributed by atoms with Crippen molar-refractivity contribution >= 4 is 27.5 Å². The summed E-state index contributed by atoms with van der Waals surface area (Å²) in [6.45, 7) is 9.71. The number of rotatable bonds is 14. The van der Waals surface area contributed by atoms with Gasteiger partial charge >= 0.3 is 0 Å². The predicted octanol–water partition coefficient (Wildman–Crippen LogP) is 5.31. The quantitative estimate of drug-likeness (QED) is 0.279. The summed E-state index contributed by atoms with van der Waals surface area (Å²) in [6.07, 6.45) is 1.11. The lowest BCUT2D eigenvalue weighted by atomic mass is 10.1. The highest BCUT2D eigenvalue weighted by molar-refractivity contribution is 7.92. The van der Waals surface area contributed by atoms with Gasteiger partial charge in [-0.1, -0.05) is 56.3 Å². The van der Waals surface area contributed by atoms with Gasteiger partial charge in [0.25, 0.3) is 10.0 Å². The van der Waals surface area contributed by atoms with Gasteiger partial charge in [-0.15, -0.1) is 0 Å². The second-order valence-corrected chi connectivity index (χ2v) is 11.8. The van der Waals surface area contributed by atoms with Gasteiger partial charge in [-0.25, -0.2) is 8.42 Å². The molecule has 0 aliphatic heterocycles. The molecule has 8 nitrogen and oxygen atoms in total. The zero-order valence-corrected chi connectivity index (χ0v) is 25.4. The minimum Gasteiger partial charge on any atom is -0.494 e. The summed E-state index contributed by atoms with van der Waals surface area (Å²) in [5, 5.41) is 3.00. The van der Waals surface area contributed by atoms with Crippen LogP contribution in [0.25, 0.3) is 0 Å². The normalized spacial score (nSPS) is 12.7. The van der Waals surface area contributed by atoms with Crippen LogP contribution in [0.2, 0.25) is 0 Å². The van der Waals surface area contributed by atoms with E-state index < -0.39 is 28.5 Å². The van der Waals surface area contributed by atoms with Crippen molar-refractivity contribution in [3.8, 4) is 5.75 Å². The van der Waals surface area contributed by atoms with E-state index in [0.717, 1.165) is 21.9 Å². The number of benzene rings is 3. The van der Waals surface area contributed by atoms with Gasteiger partial charge in [-0.2, -0.15) is 0 Å². The highest BCUT2D eigenvalue weighted by atomic mass is 32.2. The topological polar surface area (TPSA) is 96.0 Å². The Kier molecular flexibility index (Phi) is 11.3.